The maximum atomic E-state index is 13.0. The van der Waals surface area contributed by atoms with Crippen LogP contribution in [0.25, 0.3) is 21.3 Å². The highest BCUT2D eigenvalue weighted by atomic mass is 32.1. The van der Waals surface area contributed by atoms with Gasteiger partial charge in [-0.2, -0.15) is 5.26 Å². The molecule has 0 aliphatic rings. The molecule has 2 aromatic heterocycles. The largest absolute Gasteiger partial charge is 0.285 e. The summed E-state index contributed by atoms with van der Waals surface area (Å²) >= 11 is 1.35. The lowest BCUT2D eigenvalue weighted by Gasteiger charge is -2.02. The second-order valence-electron chi connectivity index (χ2n) is 4.17. The molecular weight excluding hydrogens is 277 g/mol. The topological polar surface area (TPSA) is 58.7 Å². The standard InChI is InChI=1S/C14H8FN3OS/c15-10-3-1-9(2-4-10)11-7-20-13-12(11)14(19)18(6-5-16)8-17-13/h1-4,7-8H,6H2. The van der Waals surface area contributed by atoms with Crippen LogP contribution in [0.4, 0.5) is 4.39 Å². The highest BCUT2D eigenvalue weighted by Gasteiger charge is 2.13. The van der Waals surface area contributed by atoms with E-state index in [1.165, 1.54) is 34.4 Å². The van der Waals surface area contributed by atoms with E-state index in [2.05, 4.69) is 4.98 Å². The molecular formula is C14H8FN3OS. The first-order chi connectivity index (χ1) is 9.70. The number of rotatable bonds is 2. The van der Waals surface area contributed by atoms with Gasteiger partial charge in [-0.1, -0.05) is 12.1 Å². The number of nitriles is 1. The van der Waals surface area contributed by atoms with Crippen LogP contribution in [0.3, 0.4) is 0 Å². The van der Waals surface area contributed by atoms with Crippen LogP contribution >= 0.6 is 11.3 Å². The maximum Gasteiger partial charge on any atom is 0.263 e. The molecule has 0 aliphatic heterocycles. The SMILES string of the molecule is N#CCn1cnc2scc(-c3ccc(F)cc3)c2c1=O. The highest BCUT2D eigenvalue weighted by molar-refractivity contribution is 7.17. The van der Waals surface area contributed by atoms with Gasteiger partial charge in [0.05, 0.1) is 11.5 Å². The Balaban J connectivity index is 2.27. The summed E-state index contributed by atoms with van der Waals surface area (Å²) in [5.41, 5.74) is 1.22. The summed E-state index contributed by atoms with van der Waals surface area (Å²) in [6.07, 6.45) is 1.37. The number of aromatic nitrogens is 2. The third-order valence-corrected chi connectivity index (χ3v) is 3.84. The fraction of sp³-hybridized carbons (Fsp3) is 0.0714. The monoisotopic (exact) mass is 285 g/mol. The quantitative estimate of drug-likeness (QED) is 0.727. The van der Waals surface area contributed by atoms with Crippen LogP contribution in [0.15, 0.2) is 40.8 Å². The predicted molar refractivity (Wildman–Crippen MR) is 74.9 cm³/mol. The Bertz CT molecular complexity index is 874. The minimum atomic E-state index is -0.326. The van der Waals surface area contributed by atoms with Crippen molar-refractivity contribution in [3.63, 3.8) is 0 Å². The number of benzene rings is 1. The third kappa shape index (κ3) is 1.98. The first-order valence-electron chi connectivity index (χ1n) is 5.80. The minimum absolute atomic E-state index is 0.0412. The summed E-state index contributed by atoms with van der Waals surface area (Å²) in [6.45, 7) is -0.0412. The molecule has 0 amide bonds. The van der Waals surface area contributed by atoms with Crippen LogP contribution < -0.4 is 5.56 Å². The predicted octanol–water partition coefficient (Wildman–Crippen LogP) is 2.79. The molecule has 4 nitrogen and oxygen atoms in total. The van der Waals surface area contributed by atoms with Gasteiger partial charge in [-0.25, -0.2) is 9.37 Å². The molecule has 0 unspecified atom stereocenters. The van der Waals surface area contributed by atoms with Crippen molar-refractivity contribution in [2.24, 2.45) is 0 Å². The van der Waals surface area contributed by atoms with E-state index in [1.807, 2.05) is 11.4 Å². The zero-order chi connectivity index (χ0) is 14.1. The zero-order valence-corrected chi connectivity index (χ0v) is 11.0. The molecule has 0 aliphatic carbocycles. The first-order valence-corrected chi connectivity index (χ1v) is 6.68. The van der Waals surface area contributed by atoms with E-state index in [9.17, 15) is 9.18 Å². The fourth-order valence-electron chi connectivity index (χ4n) is 2.00. The molecule has 2 heterocycles. The summed E-state index contributed by atoms with van der Waals surface area (Å²) in [5, 5.41) is 11.0. The Morgan fingerprint density at radius 2 is 2.10 bits per heavy atom. The zero-order valence-electron chi connectivity index (χ0n) is 10.2. The van der Waals surface area contributed by atoms with Crippen molar-refractivity contribution in [2.75, 3.05) is 0 Å². The van der Waals surface area contributed by atoms with Crippen LogP contribution in [-0.2, 0) is 6.54 Å². The number of nitrogens with zero attached hydrogens (tertiary/aromatic N) is 3. The van der Waals surface area contributed by atoms with Gasteiger partial charge in [0.1, 0.15) is 23.5 Å². The van der Waals surface area contributed by atoms with Gasteiger partial charge in [-0.05, 0) is 17.7 Å². The van der Waals surface area contributed by atoms with Crippen molar-refractivity contribution in [2.45, 2.75) is 6.54 Å². The van der Waals surface area contributed by atoms with Crippen LogP contribution in [0, 0.1) is 17.1 Å². The fourth-order valence-corrected chi connectivity index (χ4v) is 2.90. The van der Waals surface area contributed by atoms with Crippen LogP contribution in [0.2, 0.25) is 0 Å². The van der Waals surface area contributed by atoms with Gasteiger partial charge >= 0.3 is 0 Å². The van der Waals surface area contributed by atoms with Crippen molar-refractivity contribution in [1.29, 1.82) is 5.26 Å². The lowest BCUT2D eigenvalue weighted by atomic mass is 10.1. The summed E-state index contributed by atoms with van der Waals surface area (Å²) < 4.78 is 14.2. The summed E-state index contributed by atoms with van der Waals surface area (Å²) in [5.74, 6) is -0.326. The van der Waals surface area contributed by atoms with E-state index < -0.39 is 0 Å². The lowest BCUT2D eigenvalue weighted by molar-refractivity contribution is 0.628. The molecule has 0 atom stereocenters. The normalized spacial score (nSPS) is 10.6. The average molecular weight is 285 g/mol. The minimum Gasteiger partial charge on any atom is -0.285 e. The van der Waals surface area contributed by atoms with Crippen molar-refractivity contribution >= 4 is 21.6 Å². The second-order valence-corrected chi connectivity index (χ2v) is 5.03. The number of halogens is 1. The van der Waals surface area contributed by atoms with Gasteiger partial charge in [0.25, 0.3) is 5.56 Å². The molecule has 3 rings (SSSR count). The molecule has 0 N–H and O–H groups in total. The van der Waals surface area contributed by atoms with Gasteiger partial charge in [-0.3, -0.25) is 9.36 Å². The number of fused-ring (bicyclic) bond motifs is 1. The van der Waals surface area contributed by atoms with E-state index in [1.54, 1.807) is 12.1 Å². The van der Waals surface area contributed by atoms with Gasteiger partial charge in [0.2, 0.25) is 0 Å². The average Bonchev–Trinajstić information content (AvgIpc) is 2.88. The smallest absolute Gasteiger partial charge is 0.263 e. The molecule has 0 bridgehead atoms. The Morgan fingerprint density at radius 3 is 2.80 bits per heavy atom. The van der Waals surface area contributed by atoms with Gasteiger partial charge in [0.15, 0.2) is 0 Å². The molecule has 20 heavy (non-hydrogen) atoms. The second kappa shape index (κ2) is 4.87. The Labute approximate surface area is 117 Å². The van der Waals surface area contributed by atoms with Gasteiger partial charge in [0, 0.05) is 10.9 Å². The van der Waals surface area contributed by atoms with E-state index in [0.717, 1.165) is 11.1 Å². The van der Waals surface area contributed by atoms with Crippen LogP contribution in [0.1, 0.15) is 0 Å². The Morgan fingerprint density at radius 1 is 1.35 bits per heavy atom. The number of thiophene rings is 1. The maximum absolute atomic E-state index is 13.0. The third-order valence-electron chi connectivity index (χ3n) is 2.96. The van der Waals surface area contributed by atoms with Gasteiger partial charge in [-0.15, -0.1) is 11.3 Å². The molecule has 0 saturated carbocycles. The van der Waals surface area contributed by atoms with E-state index >= 15 is 0 Å². The van der Waals surface area contributed by atoms with Crippen LogP contribution in [-0.4, -0.2) is 9.55 Å². The highest BCUT2D eigenvalue weighted by Crippen LogP contribution is 2.30. The van der Waals surface area contributed by atoms with Crippen molar-refractivity contribution in [3.8, 4) is 17.2 Å². The number of hydrogen-bond acceptors (Lipinski definition) is 4. The van der Waals surface area contributed by atoms with Crippen molar-refractivity contribution in [1.82, 2.24) is 9.55 Å². The molecule has 3 aromatic rings. The van der Waals surface area contributed by atoms with E-state index in [0.29, 0.717) is 10.2 Å². The first kappa shape index (κ1) is 12.5. The summed E-state index contributed by atoms with van der Waals surface area (Å²) in [7, 11) is 0. The Hall–Kier alpha value is -2.52. The number of hydrogen-bond donors (Lipinski definition) is 0. The van der Waals surface area contributed by atoms with Crippen molar-refractivity contribution < 1.29 is 4.39 Å². The molecule has 6 heteroatoms. The lowest BCUT2D eigenvalue weighted by Crippen LogP contribution is -2.19. The molecule has 0 radical (unpaired) electrons. The Kier molecular flexibility index (Phi) is 3.05. The van der Waals surface area contributed by atoms with Crippen LogP contribution in [0.5, 0.6) is 0 Å². The van der Waals surface area contributed by atoms with Crippen molar-refractivity contribution in [3.05, 3.63) is 52.1 Å². The molecule has 1 aromatic carbocycles. The summed E-state index contributed by atoms with van der Waals surface area (Å²) in [6, 6.07) is 7.87. The molecule has 0 saturated heterocycles. The molecule has 0 spiro atoms. The summed E-state index contributed by atoms with van der Waals surface area (Å²) in [4.78, 5) is 17.1. The molecule has 98 valence electrons. The van der Waals surface area contributed by atoms with Gasteiger partial charge < -0.3 is 0 Å². The van der Waals surface area contributed by atoms with E-state index in [4.69, 9.17) is 5.26 Å². The molecule has 0 fully saturated rings. The van der Waals surface area contributed by atoms with E-state index in [-0.39, 0.29) is 17.9 Å².